The summed E-state index contributed by atoms with van der Waals surface area (Å²) < 4.78 is 0. The zero-order valence-electron chi connectivity index (χ0n) is 13.2. The van der Waals surface area contributed by atoms with Gasteiger partial charge in [0.25, 0.3) is 5.91 Å². The van der Waals surface area contributed by atoms with Gasteiger partial charge in [-0.15, -0.1) is 0 Å². The van der Waals surface area contributed by atoms with Crippen LogP contribution in [0.25, 0.3) is 0 Å². The van der Waals surface area contributed by atoms with Crippen LogP contribution in [0.4, 0.5) is 0 Å². The SMILES string of the molecule is CC(C)(C)NCC(O)CN1CCCc2ccccc2C1=O. The molecule has 2 N–H and O–H groups in total. The molecule has 21 heavy (non-hydrogen) atoms. The van der Waals surface area contributed by atoms with Crippen LogP contribution >= 0.6 is 0 Å². The van der Waals surface area contributed by atoms with Crippen molar-refractivity contribution >= 4 is 5.91 Å². The van der Waals surface area contributed by atoms with Gasteiger partial charge in [0, 0.05) is 30.7 Å². The molecule has 2 rings (SSSR count). The van der Waals surface area contributed by atoms with E-state index in [9.17, 15) is 9.90 Å². The molecule has 0 spiro atoms. The third-order valence-corrected chi connectivity index (χ3v) is 3.71. The van der Waals surface area contributed by atoms with Crippen LogP contribution in [0.1, 0.15) is 43.1 Å². The number of hydrogen-bond donors (Lipinski definition) is 2. The molecular weight excluding hydrogens is 264 g/mol. The second-order valence-electron chi connectivity index (χ2n) is 6.80. The molecule has 0 aliphatic carbocycles. The van der Waals surface area contributed by atoms with Crippen LogP contribution in [-0.2, 0) is 6.42 Å². The van der Waals surface area contributed by atoms with Gasteiger partial charge in [-0.3, -0.25) is 4.79 Å². The quantitative estimate of drug-likeness (QED) is 0.889. The molecule has 1 aromatic rings. The van der Waals surface area contributed by atoms with Crippen molar-refractivity contribution < 1.29 is 9.90 Å². The highest BCUT2D eigenvalue weighted by Crippen LogP contribution is 2.18. The largest absolute Gasteiger partial charge is 0.390 e. The number of aliphatic hydroxyl groups is 1. The Morgan fingerprint density at radius 2 is 2.05 bits per heavy atom. The normalized spacial score (nSPS) is 17.3. The molecule has 4 heteroatoms. The minimum absolute atomic E-state index is 0.0314. The lowest BCUT2D eigenvalue weighted by Gasteiger charge is -2.27. The third-order valence-electron chi connectivity index (χ3n) is 3.71. The third kappa shape index (κ3) is 4.55. The van der Waals surface area contributed by atoms with E-state index in [1.54, 1.807) is 4.90 Å². The zero-order chi connectivity index (χ0) is 15.5. The number of aliphatic hydroxyl groups excluding tert-OH is 1. The Kier molecular flexibility index (Phi) is 5.01. The van der Waals surface area contributed by atoms with Gasteiger partial charge in [0.1, 0.15) is 0 Å². The van der Waals surface area contributed by atoms with Crippen molar-refractivity contribution in [3.05, 3.63) is 35.4 Å². The molecule has 0 aromatic heterocycles. The van der Waals surface area contributed by atoms with E-state index in [0.29, 0.717) is 19.6 Å². The number of carbonyl (C=O) groups excluding carboxylic acids is 1. The molecule has 1 amide bonds. The maximum atomic E-state index is 12.6. The Morgan fingerprint density at radius 3 is 2.76 bits per heavy atom. The Morgan fingerprint density at radius 1 is 1.33 bits per heavy atom. The Labute approximate surface area is 127 Å². The van der Waals surface area contributed by atoms with Gasteiger partial charge < -0.3 is 15.3 Å². The van der Waals surface area contributed by atoms with E-state index >= 15 is 0 Å². The summed E-state index contributed by atoms with van der Waals surface area (Å²) in [6.07, 6.45) is 1.33. The number of nitrogens with one attached hydrogen (secondary N) is 1. The van der Waals surface area contributed by atoms with Crippen LogP contribution in [0.3, 0.4) is 0 Å². The standard InChI is InChI=1S/C17H26N2O2/c1-17(2,3)18-11-14(20)12-19-10-6-8-13-7-4-5-9-15(13)16(19)21/h4-5,7,9,14,18,20H,6,8,10-12H2,1-3H3. The van der Waals surface area contributed by atoms with Crippen molar-refractivity contribution in [1.29, 1.82) is 0 Å². The lowest BCUT2D eigenvalue weighted by atomic mass is 10.0. The van der Waals surface area contributed by atoms with Crippen LogP contribution in [0.5, 0.6) is 0 Å². The highest BCUT2D eigenvalue weighted by molar-refractivity contribution is 5.96. The average Bonchev–Trinajstić information content (AvgIpc) is 2.57. The summed E-state index contributed by atoms with van der Waals surface area (Å²) in [5.41, 5.74) is 1.87. The zero-order valence-corrected chi connectivity index (χ0v) is 13.2. The first-order valence-corrected chi connectivity index (χ1v) is 7.67. The minimum atomic E-state index is -0.543. The van der Waals surface area contributed by atoms with Gasteiger partial charge in [-0.05, 0) is 45.2 Å². The topological polar surface area (TPSA) is 52.6 Å². The molecule has 1 unspecified atom stereocenters. The lowest BCUT2D eigenvalue weighted by Crippen LogP contribution is -2.46. The minimum Gasteiger partial charge on any atom is -0.390 e. The number of fused-ring (bicyclic) bond motifs is 1. The van der Waals surface area contributed by atoms with Crippen molar-refractivity contribution in [2.75, 3.05) is 19.6 Å². The first kappa shape index (κ1) is 16.0. The maximum absolute atomic E-state index is 12.6. The highest BCUT2D eigenvalue weighted by Gasteiger charge is 2.24. The molecule has 1 aliphatic rings. The van der Waals surface area contributed by atoms with Crippen molar-refractivity contribution in [3.8, 4) is 0 Å². The van der Waals surface area contributed by atoms with E-state index in [0.717, 1.165) is 24.0 Å². The number of β-amino-alcohol motifs (C(OH)–C–C–N with tert-alkyl or cyclic N) is 1. The van der Waals surface area contributed by atoms with Crippen LogP contribution in [0.15, 0.2) is 24.3 Å². The van der Waals surface area contributed by atoms with Gasteiger partial charge in [0.2, 0.25) is 0 Å². The molecule has 1 aromatic carbocycles. The molecule has 1 aliphatic heterocycles. The van der Waals surface area contributed by atoms with E-state index < -0.39 is 6.10 Å². The van der Waals surface area contributed by atoms with Crippen LogP contribution < -0.4 is 5.32 Å². The Balaban J connectivity index is 1.99. The summed E-state index contributed by atoms with van der Waals surface area (Å²) >= 11 is 0. The van der Waals surface area contributed by atoms with Gasteiger partial charge in [-0.1, -0.05) is 18.2 Å². The van der Waals surface area contributed by atoms with Crippen molar-refractivity contribution in [2.45, 2.75) is 45.3 Å². The summed E-state index contributed by atoms with van der Waals surface area (Å²) in [6, 6.07) is 7.78. The first-order valence-electron chi connectivity index (χ1n) is 7.67. The molecule has 1 atom stereocenters. The Bertz CT molecular complexity index is 494. The molecule has 0 bridgehead atoms. The van der Waals surface area contributed by atoms with Crippen LogP contribution in [0.2, 0.25) is 0 Å². The number of carbonyl (C=O) groups is 1. The molecule has 0 saturated carbocycles. The molecule has 1 heterocycles. The molecule has 0 saturated heterocycles. The summed E-state index contributed by atoms with van der Waals surface area (Å²) in [4.78, 5) is 14.3. The van der Waals surface area contributed by atoms with Gasteiger partial charge in [0.15, 0.2) is 0 Å². The molecular formula is C17H26N2O2. The van der Waals surface area contributed by atoms with Gasteiger partial charge in [0.05, 0.1) is 6.10 Å². The van der Waals surface area contributed by atoms with E-state index in [-0.39, 0.29) is 11.4 Å². The number of aryl methyl sites for hydroxylation is 1. The van der Waals surface area contributed by atoms with Crippen molar-refractivity contribution in [2.24, 2.45) is 0 Å². The van der Waals surface area contributed by atoms with Crippen molar-refractivity contribution in [3.63, 3.8) is 0 Å². The maximum Gasteiger partial charge on any atom is 0.254 e. The van der Waals surface area contributed by atoms with Gasteiger partial charge in [-0.25, -0.2) is 0 Å². The van der Waals surface area contributed by atoms with Gasteiger partial charge in [-0.2, -0.15) is 0 Å². The average molecular weight is 290 g/mol. The fourth-order valence-corrected chi connectivity index (χ4v) is 2.60. The predicted molar refractivity (Wildman–Crippen MR) is 84.4 cm³/mol. The number of benzene rings is 1. The Hall–Kier alpha value is -1.39. The summed E-state index contributed by atoms with van der Waals surface area (Å²) in [6.45, 7) is 7.78. The molecule has 116 valence electrons. The van der Waals surface area contributed by atoms with Crippen LogP contribution in [-0.4, -0.2) is 47.2 Å². The van der Waals surface area contributed by atoms with E-state index in [2.05, 4.69) is 26.1 Å². The van der Waals surface area contributed by atoms with Crippen LogP contribution in [0, 0.1) is 0 Å². The smallest absolute Gasteiger partial charge is 0.254 e. The first-order chi connectivity index (χ1) is 9.87. The summed E-state index contributed by atoms with van der Waals surface area (Å²) in [7, 11) is 0. The molecule has 0 radical (unpaired) electrons. The molecule has 4 nitrogen and oxygen atoms in total. The second-order valence-corrected chi connectivity index (χ2v) is 6.80. The number of hydrogen-bond acceptors (Lipinski definition) is 3. The van der Waals surface area contributed by atoms with Gasteiger partial charge >= 0.3 is 0 Å². The number of amides is 1. The van der Waals surface area contributed by atoms with E-state index in [1.807, 2.05) is 24.3 Å². The predicted octanol–water partition coefficient (Wildman–Crippen LogP) is 1.82. The monoisotopic (exact) mass is 290 g/mol. The summed E-state index contributed by atoms with van der Waals surface area (Å²) in [5, 5.41) is 13.4. The van der Waals surface area contributed by atoms with E-state index in [1.165, 1.54) is 0 Å². The van der Waals surface area contributed by atoms with Crippen molar-refractivity contribution in [1.82, 2.24) is 10.2 Å². The lowest BCUT2D eigenvalue weighted by molar-refractivity contribution is 0.0618. The highest BCUT2D eigenvalue weighted by atomic mass is 16.3. The fraction of sp³-hybridized carbons (Fsp3) is 0.588. The molecule has 0 fully saturated rings. The van der Waals surface area contributed by atoms with E-state index in [4.69, 9.17) is 0 Å². The number of nitrogens with zero attached hydrogens (tertiary/aromatic N) is 1. The fourth-order valence-electron chi connectivity index (χ4n) is 2.60. The summed E-state index contributed by atoms with van der Waals surface area (Å²) in [5.74, 6) is 0.0397. The second kappa shape index (κ2) is 6.58. The number of rotatable bonds is 4.